The van der Waals surface area contributed by atoms with Crippen molar-refractivity contribution < 1.29 is 29.5 Å². The molecule has 0 bridgehead atoms. The number of nitrogens with one attached hydrogen (secondary N) is 1. The van der Waals surface area contributed by atoms with E-state index in [4.69, 9.17) is 25.7 Å². The molecular formula is C14H22N4O8. The van der Waals surface area contributed by atoms with E-state index in [9.17, 15) is 24.9 Å². The Hall–Kier alpha value is -1.64. The van der Waals surface area contributed by atoms with Gasteiger partial charge in [0.25, 0.3) is 5.56 Å². The first kappa shape index (κ1) is 19.1. The van der Waals surface area contributed by atoms with Crippen LogP contribution in [-0.2, 0) is 14.2 Å². The summed E-state index contributed by atoms with van der Waals surface area (Å²) in [5.41, 5.74) is 10.0. The summed E-state index contributed by atoms with van der Waals surface area (Å²) in [5, 5.41) is 30.1. The molecule has 2 aliphatic rings. The van der Waals surface area contributed by atoms with Crippen LogP contribution in [0, 0.1) is 0 Å². The third kappa shape index (κ3) is 3.58. The lowest BCUT2D eigenvalue weighted by Gasteiger charge is -2.36. The molecule has 3 heterocycles. The molecule has 2 saturated heterocycles. The number of nitrogens with zero attached hydrogens (tertiary/aromatic N) is 1. The fourth-order valence-corrected chi connectivity index (χ4v) is 2.94. The number of aliphatic hydroxyl groups is 3. The molecule has 0 saturated carbocycles. The van der Waals surface area contributed by atoms with Crippen molar-refractivity contribution in [3.8, 4) is 0 Å². The number of aliphatic hydroxyl groups excluding tert-OH is 3. The Morgan fingerprint density at radius 1 is 1.23 bits per heavy atom. The molecule has 0 aromatic carbocycles. The molecule has 2 fully saturated rings. The lowest BCUT2D eigenvalue weighted by Crippen LogP contribution is -2.61. The van der Waals surface area contributed by atoms with Crippen molar-refractivity contribution in [2.45, 2.75) is 49.0 Å². The van der Waals surface area contributed by atoms with Crippen molar-refractivity contribution >= 4 is 0 Å². The van der Waals surface area contributed by atoms with Crippen LogP contribution in [0.3, 0.4) is 0 Å². The Morgan fingerprint density at radius 3 is 2.65 bits per heavy atom. The van der Waals surface area contributed by atoms with Crippen LogP contribution >= 0.6 is 0 Å². The van der Waals surface area contributed by atoms with E-state index < -0.39 is 60.3 Å². The van der Waals surface area contributed by atoms with Crippen LogP contribution < -0.4 is 22.7 Å². The van der Waals surface area contributed by atoms with Crippen LogP contribution in [0.2, 0.25) is 0 Å². The minimum atomic E-state index is -1.42. The highest BCUT2D eigenvalue weighted by atomic mass is 16.7. The Labute approximate surface area is 146 Å². The lowest BCUT2D eigenvalue weighted by molar-refractivity contribution is -0.216. The van der Waals surface area contributed by atoms with Crippen LogP contribution in [0.1, 0.15) is 6.23 Å². The molecule has 3 rings (SSSR count). The second-order valence-electron chi connectivity index (χ2n) is 6.33. The monoisotopic (exact) mass is 374 g/mol. The summed E-state index contributed by atoms with van der Waals surface area (Å²) >= 11 is 0. The van der Waals surface area contributed by atoms with Gasteiger partial charge in [-0.3, -0.25) is 14.3 Å². The number of aromatic nitrogens is 2. The minimum Gasteiger partial charge on any atom is -0.390 e. The van der Waals surface area contributed by atoms with E-state index in [0.29, 0.717) is 0 Å². The maximum Gasteiger partial charge on any atom is 0.330 e. The van der Waals surface area contributed by atoms with Crippen LogP contribution in [0.25, 0.3) is 0 Å². The first-order valence-corrected chi connectivity index (χ1v) is 8.05. The van der Waals surface area contributed by atoms with E-state index in [0.717, 1.165) is 16.8 Å². The molecule has 0 unspecified atom stereocenters. The maximum absolute atomic E-state index is 11.8. The van der Waals surface area contributed by atoms with E-state index in [1.807, 2.05) is 4.98 Å². The number of aromatic amines is 1. The first-order valence-electron chi connectivity index (χ1n) is 8.05. The van der Waals surface area contributed by atoms with Gasteiger partial charge in [-0.15, -0.1) is 0 Å². The Kier molecular flexibility index (Phi) is 5.55. The van der Waals surface area contributed by atoms with Gasteiger partial charge >= 0.3 is 5.69 Å². The van der Waals surface area contributed by atoms with Gasteiger partial charge < -0.3 is 41.0 Å². The van der Waals surface area contributed by atoms with Gasteiger partial charge in [0.05, 0.1) is 31.4 Å². The molecule has 2 aliphatic heterocycles. The summed E-state index contributed by atoms with van der Waals surface area (Å²) in [6.45, 7) is -0.168. The highest BCUT2D eigenvalue weighted by Gasteiger charge is 2.45. The molecular weight excluding hydrogens is 352 g/mol. The average molecular weight is 374 g/mol. The largest absolute Gasteiger partial charge is 0.390 e. The van der Waals surface area contributed by atoms with Crippen molar-refractivity contribution in [3.63, 3.8) is 0 Å². The van der Waals surface area contributed by atoms with Crippen molar-refractivity contribution in [1.82, 2.24) is 9.55 Å². The van der Waals surface area contributed by atoms with Crippen molar-refractivity contribution in [2.75, 3.05) is 13.2 Å². The fraction of sp³-hybridized carbons (Fsp3) is 0.714. The summed E-state index contributed by atoms with van der Waals surface area (Å²) in [4.78, 5) is 25.0. The van der Waals surface area contributed by atoms with Crippen LogP contribution in [-0.4, -0.2) is 80.9 Å². The Balaban J connectivity index is 1.65. The smallest absolute Gasteiger partial charge is 0.330 e. The topological polar surface area (TPSA) is 195 Å². The summed E-state index contributed by atoms with van der Waals surface area (Å²) in [5.74, 6) is 0. The lowest BCUT2D eigenvalue weighted by atomic mass is 10.0. The van der Waals surface area contributed by atoms with Gasteiger partial charge in [-0.25, -0.2) is 4.79 Å². The zero-order valence-corrected chi connectivity index (χ0v) is 13.7. The molecule has 8 atom stereocenters. The molecule has 1 aromatic heterocycles. The van der Waals surface area contributed by atoms with E-state index in [2.05, 4.69) is 0 Å². The number of H-pyrrole nitrogens is 1. The summed E-state index contributed by atoms with van der Waals surface area (Å²) in [6.07, 6.45) is -5.80. The maximum atomic E-state index is 11.8. The molecule has 8 N–H and O–H groups in total. The first-order chi connectivity index (χ1) is 12.3. The number of nitrogens with two attached hydrogens (primary N) is 2. The van der Waals surface area contributed by atoms with Gasteiger partial charge in [0.15, 0.2) is 12.5 Å². The van der Waals surface area contributed by atoms with Crippen molar-refractivity contribution in [2.24, 2.45) is 11.5 Å². The minimum absolute atomic E-state index is 0.0473. The summed E-state index contributed by atoms with van der Waals surface area (Å²) < 4.78 is 17.2. The third-order valence-corrected chi connectivity index (χ3v) is 4.49. The quantitative estimate of drug-likeness (QED) is 0.299. The average Bonchev–Trinajstić information content (AvgIpc) is 2.87. The van der Waals surface area contributed by atoms with E-state index >= 15 is 0 Å². The predicted octanol–water partition coefficient (Wildman–Crippen LogP) is -4.46. The predicted molar refractivity (Wildman–Crippen MR) is 84.9 cm³/mol. The van der Waals surface area contributed by atoms with Gasteiger partial charge in [0.2, 0.25) is 0 Å². The zero-order chi connectivity index (χ0) is 19.0. The molecule has 26 heavy (non-hydrogen) atoms. The second-order valence-corrected chi connectivity index (χ2v) is 6.33. The number of ether oxygens (including phenoxy) is 3. The van der Waals surface area contributed by atoms with Gasteiger partial charge in [-0.2, -0.15) is 0 Å². The van der Waals surface area contributed by atoms with E-state index in [1.165, 1.54) is 0 Å². The zero-order valence-electron chi connectivity index (χ0n) is 13.7. The van der Waals surface area contributed by atoms with E-state index in [-0.39, 0.29) is 13.2 Å². The number of rotatable bonds is 4. The van der Waals surface area contributed by atoms with Gasteiger partial charge in [0.1, 0.15) is 18.3 Å². The molecule has 146 valence electrons. The molecule has 12 heteroatoms. The van der Waals surface area contributed by atoms with Crippen LogP contribution in [0.5, 0.6) is 0 Å². The van der Waals surface area contributed by atoms with Crippen LogP contribution in [0.4, 0.5) is 0 Å². The van der Waals surface area contributed by atoms with Gasteiger partial charge in [-0.05, 0) is 0 Å². The molecule has 0 aliphatic carbocycles. The van der Waals surface area contributed by atoms with Crippen molar-refractivity contribution in [3.05, 3.63) is 33.1 Å². The molecule has 0 spiro atoms. The SMILES string of the molecule is N[C@H]1[C@@H](OC[C@H]2O[C@@H](n3ccc(=O)[nH]c3=O)[C@H](O)[C@@H]2O)OC[C@@H](N)[C@@H]1O. The molecule has 0 radical (unpaired) electrons. The normalized spacial score (nSPS) is 40.7. The third-order valence-electron chi connectivity index (χ3n) is 4.49. The number of hydrogen-bond donors (Lipinski definition) is 6. The highest BCUT2D eigenvalue weighted by molar-refractivity contribution is 4.94. The summed E-state index contributed by atoms with van der Waals surface area (Å²) in [6, 6.07) is -0.427. The van der Waals surface area contributed by atoms with Gasteiger partial charge in [0, 0.05) is 12.3 Å². The number of hydrogen-bond acceptors (Lipinski definition) is 10. The summed E-state index contributed by atoms with van der Waals surface area (Å²) in [7, 11) is 0. The fourth-order valence-electron chi connectivity index (χ4n) is 2.94. The second kappa shape index (κ2) is 7.54. The Bertz CT molecular complexity index is 738. The molecule has 1 aromatic rings. The standard InChI is InChI=1S/C14H22N4O8/c15-5-3-24-13(8(16)9(5)20)25-4-6-10(21)11(22)12(26-6)18-2-1-7(19)17-14(18)23/h1-2,5-6,8-13,20-22H,3-4,15-16H2,(H,17,19,23)/t5-,6-,8-,9+,10-,11-,12-,13-/m1/s1. The molecule has 0 amide bonds. The molecule has 12 nitrogen and oxygen atoms in total. The van der Waals surface area contributed by atoms with Crippen molar-refractivity contribution in [1.29, 1.82) is 0 Å². The van der Waals surface area contributed by atoms with Crippen LogP contribution in [0.15, 0.2) is 21.9 Å². The van der Waals surface area contributed by atoms with Gasteiger partial charge in [-0.1, -0.05) is 0 Å². The Morgan fingerprint density at radius 2 is 1.96 bits per heavy atom. The highest BCUT2D eigenvalue weighted by Crippen LogP contribution is 2.29. The van der Waals surface area contributed by atoms with E-state index in [1.54, 1.807) is 0 Å².